The molecular formula is C13H16ClN3O. The molecule has 0 aliphatic heterocycles. The number of H-pyrrole nitrogens is 1. The number of nitrogens with zero attached hydrogens (tertiary/aromatic N) is 1. The van der Waals surface area contributed by atoms with Gasteiger partial charge >= 0.3 is 0 Å². The molecule has 0 bridgehead atoms. The third-order valence-corrected chi connectivity index (χ3v) is 3.07. The van der Waals surface area contributed by atoms with E-state index in [4.69, 9.17) is 17.3 Å². The standard InChI is InChI=1S/C13H16ClN3O/c14-12-5-3-10(4-6-12)9-17-13(18)11(8-16-17)2-1-7-15/h3-6,8,16H,1-2,7,9,15H2. The summed E-state index contributed by atoms with van der Waals surface area (Å²) in [5.74, 6) is 0. The van der Waals surface area contributed by atoms with Gasteiger partial charge in [0.15, 0.2) is 0 Å². The molecule has 4 nitrogen and oxygen atoms in total. The number of rotatable bonds is 5. The molecule has 1 aromatic carbocycles. The second-order valence-corrected chi connectivity index (χ2v) is 4.65. The van der Waals surface area contributed by atoms with Gasteiger partial charge in [-0.25, -0.2) is 4.68 Å². The van der Waals surface area contributed by atoms with Crippen LogP contribution in [0.1, 0.15) is 17.5 Å². The van der Waals surface area contributed by atoms with Crippen molar-refractivity contribution in [3.63, 3.8) is 0 Å². The van der Waals surface area contributed by atoms with Gasteiger partial charge in [-0.3, -0.25) is 4.79 Å². The number of aryl methyl sites for hydroxylation is 1. The molecule has 96 valence electrons. The molecule has 0 fully saturated rings. The lowest BCUT2D eigenvalue weighted by Gasteiger charge is -2.02. The minimum Gasteiger partial charge on any atom is -0.330 e. The summed E-state index contributed by atoms with van der Waals surface area (Å²) in [5, 5.41) is 3.67. The topological polar surface area (TPSA) is 63.8 Å². The van der Waals surface area contributed by atoms with Gasteiger partial charge in [0.2, 0.25) is 0 Å². The molecule has 0 atom stereocenters. The highest BCUT2D eigenvalue weighted by molar-refractivity contribution is 6.30. The number of aromatic nitrogens is 2. The van der Waals surface area contributed by atoms with Crippen molar-refractivity contribution in [2.24, 2.45) is 5.73 Å². The fraction of sp³-hybridized carbons (Fsp3) is 0.308. The number of nitrogens with two attached hydrogens (primary N) is 1. The summed E-state index contributed by atoms with van der Waals surface area (Å²) in [5.41, 5.74) is 7.29. The largest absolute Gasteiger partial charge is 0.330 e. The fourth-order valence-electron chi connectivity index (χ4n) is 1.81. The lowest BCUT2D eigenvalue weighted by Crippen LogP contribution is -2.20. The normalized spacial score (nSPS) is 10.8. The van der Waals surface area contributed by atoms with Gasteiger partial charge < -0.3 is 10.8 Å². The highest BCUT2D eigenvalue weighted by Gasteiger charge is 2.05. The van der Waals surface area contributed by atoms with Crippen molar-refractivity contribution >= 4 is 11.6 Å². The van der Waals surface area contributed by atoms with Crippen LogP contribution in [0.5, 0.6) is 0 Å². The van der Waals surface area contributed by atoms with Crippen LogP contribution in [0.15, 0.2) is 35.3 Å². The third kappa shape index (κ3) is 3.03. The second-order valence-electron chi connectivity index (χ2n) is 4.21. The lowest BCUT2D eigenvalue weighted by molar-refractivity contribution is 0.661. The molecule has 2 aromatic rings. The van der Waals surface area contributed by atoms with Crippen molar-refractivity contribution in [2.45, 2.75) is 19.4 Å². The van der Waals surface area contributed by atoms with Crippen molar-refractivity contribution in [2.75, 3.05) is 6.54 Å². The Balaban J connectivity index is 2.12. The van der Waals surface area contributed by atoms with Gasteiger partial charge in [0.05, 0.1) is 6.54 Å². The number of halogens is 1. The van der Waals surface area contributed by atoms with Crippen LogP contribution < -0.4 is 11.3 Å². The second kappa shape index (κ2) is 5.89. The Morgan fingerprint density at radius 2 is 2.00 bits per heavy atom. The molecule has 0 amide bonds. The summed E-state index contributed by atoms with van der Waals surface area (Å²) in [6, 6.07) is 7.46. The van der Waals surface area contributed by atoms with Gasteiger partial charge in [0, 0.05) is 16.8 Å². The van der Waals surface area contributed by atoms with Crippen LogP contribution in [-0.2, 0) is 13.0 Å². The first kappa shape index (κ1) is 12.9. The Labute approximate surface area is 110 Å². The summed E-state index contributed by atoms with van der Waals surface area (Å²) >= 11 is 5.82. The van der Waals surface area contributed by atoms with E-state index in [1.165, 1.54) is 0 Å². The van der Waals surface area contributed by atoms with Crippen LogP contribution in [0.3, 0.4) is 0 Å². The molecule has 0 saturated heterocycles. The summed E-state index contributed by atoms with van der Waals surface area (Å²) in [6.07, 6.45) is 3.31. The number of benzene rings is 1. The molecule has 5 heteroatoms. The van der Waals surface area contributed by atoms with Crippen molar-refractivity contribution in [3.8, 4) is 0 Å². The monoisotopic (exact) mass is 265 g/mol. The summed E-state index contributed by atoms with van der Waals surface area (Å²) in [6.45, 7) is 1.13. The summed E-state index contributed by atoms with van der Waals surface area (Å²) < 4.78 is 1.59. The van der Waals surface area contributed by atoms with Crippen LogP contribution in [0.4, 0.5) is 0 Å². The molecular weight excluding hydrogens is 250 g/mol. The van der Waals surface area contributed by atoms with Gasteiger partial charge in [-0.2, -0.15) is 0 Å². The average molecular weight is 266 g/mol. The fourth-order valence-corrected chi connectivity index (χ4v) is 1.94. The van der Waals surface area contributed by atoms with Crippen molar-refractivity contribution in [1.82, 2.24) is 9.78 Å². The maximum atomic E-state index is 12.0. The van der Waals surface area contributed by atoms with E-state index in [0.717, 1.165) is 24.0 Å². The zero-order valence-electron chi connectivity index (χ0n) is 10.0. The Morgan fingerprint density at radius 1 is 1.28 bits per heavy atom. The Kier molecular flexibility index (Phi) is 4.23. The van der Waals surface area contributed by atoms with E-state index < -0.39 is 0 Å². The first-order valence-corrected chi connectivity index (χ1v) is 6.30. The highest BCUT2D eigenvalue weighted by atomic mass is 35.5. The molecule has 0 aliphatic rings. The van der Waals surface area contributed by atoms with Crippen LogP contribution in [0.2, 0.25) is 5.02 Å². The molecule has 0 unspecified atom stereocenters. The first-order chi connectivity index (χ1) is 8.70. The SMILES string of the molecule is NCCCc1c[nH]n(Cc2ccc(Cl)cc2)c1=O. The van der Waals surface area contributed by atoms with Crippen LogP contribution in [0.25, 0.3) is 0 Å². The Bertz CT molecular complexity index is 556. The molecule has 0 saturated carbocycles. The molecule has 1 heterocycles. The number of aromatic amines is 1. The quantitative estimate of drug-likeness (QED) is 0.865. The van der Waals surface area contributed by atoms with E-state index in [2.05, 4.69) is 5.10 Å². The maximum Gasteiger partial charge on any atom is 0.269 e. The van der Waals surface area contributed by atoms with E-state index in [0.29, 0.717) is 18.1 Å². The average Bonchev–Trinajstić information content (AvgIpc) is 2.71. The molecule has 0 radical (unpaired) electrons. The van der Waals surface area contributed by atoms with Crippen LogP contribution >= 0.6 is 11.6 Å². The lowest BCUT2D eigenvalue weighted by atomic mass is 10.2. The summed E-state index contributed by atoms with van der Waals surface area (Å²) in [7, 11) is 0. The molecule has 0 aliphatic carbocycles. The minimum absolute atomic E-state index is 0.0263. The van der Waals surface area contributed by atoms with Crippen molar-refractivity contribution < 1.29 is 0 Å². The van der Waals surface area contributed by atoms with E-state index in [1.807, 2.05) is 24.3 Å². The molecule has 0 spiro atoms. The van der Waals surface area contributed by atoms with Gasteiger partial charge in [-0.1, -0.05) is 23.7 Å². The first-order valence-electron chi connectivity index (χ1n) is 5.92. The van der Waals surface area contributed by atoms with E-state index >= 15 is 0 Å². The van der Waals surface area contributed by atoms with E-state index in [-0.39, 0.29) is 5.56 Å². The zero-order valence-corrected chi connectivity index (χ0v) is 10.8. The van der Waals surface area contributed by atoms with E-state index in [1.54, 1.807) is 10.9 Å². The predicted octanol–water partition coefficient (Wildman–Crippen LogP) is 1.77. The van der Waals surface area contributed by atoms with Crippen molar-refractivity contribution in [1.29, 1.82) is 0 Å². The summed E-state index contributed by atoms with van der Waals surface area (Å²) in [4.78, 5) is 12.0. The zero-order chi connectivity index (χ0) is 13.0. The smallest absolute Gasteiger partial charge is 0.269 e. The number of hydrogen-bond acceptors (Lipinski definition) is 2. The van der Waals surface area contributed by atoms with Gasteiger partial charge in [0.1, 0.15) is 0 Å². The Morgan fingerprint density at radius 3 is 2.67 bits per heavy atom. The molecule has 2 rings (SSSR count). The van der Waals surface area contributed by atoms with Crippen LogP contribution in [-0.4, -0.2) is 16.3 Å². The molecule has 18 heavy (non-hydrogen) atoms. The van der Waals surface area contributed by atoms with Crippen LogP contribution in [0, 0.1) is 0 Å². The maximum absolute atomic E-state index is 12.0. The highest BCUT2D eigenvalue weighted by Crippen LogP contribution is 2.10. The van der Waals surface area contributed by atoms with Gasteiger partial charge in [-0.15, -0.1) is 0 Å². The van der Waals surface area contributed by atoms with Gasteiger partial charge in [0.25, 0.3) is 5.56 Å². The molecule has 1 aromatic heterocycles. The van der Waals surface area contributed by atoms with Gasteiger partial charge in [-0.05, 0) is 37.1 Å². The number of hydrogen-bond donors (Lipinski definition) is 2. The minimum atomic E-state index is 0.0263. The molecule has 3 N–H and O–H groups in total. The third-order valence-electron chi connectivity index (χ3n) is 2.82. The number of nitrogens with one attached hydrogen (secondary N) is 1. The predicted molar refractivity (Wildman–Crippen MR) is 73.0 cm³/mol. The Hall–Kier alpha value is -1.52. The van der Waals surface area contributed by atoms with Crippen molar-refractivity contribution in [3.05, 3.63) is 57.0 Å². The van der Waals surface area contributed by atoms with E-state index in [9.17, 15) is 4.79 Å².